The largest absolute Gasteiger partial charge is 0.277 e. The van der Waals surface area contributed by atoms with Gasteiger partial charge in [-0.25, -0.2) is 0 Å². The van der Waals surface area contributed by atoms with Crippen LogP contribution >= 0.6 is 11.6 Å². The van der Waals surface area contributed by atoms with Gasteiger partial charge in [-0.05, 0) is 28.8 Å². The van der Waals surface area contributed by atoms with E-state index in [1.54, 1.807) is 5.12 Å². The lowest BCUT2D eigenvalue weighted by atomic mass is 10.1. The van der Waals surface area contributed by atoms with Crippen molar-refractivity contribution < 1.29 is 0 Å². The highest BCUT2D eigenvalue weighted by Gasteiger charge is 2.15. The Morgan fingerprint density at radius 2 is 1.24 bits per heavy atom. The molecule has 0 fully saturated rings. The van der Waals surface area contributed by atoms with Crippen LogP contribution in [-0.2, 0) is 0 Å². The number of hydrogen-bond donors (Lipinski definition) is 1. The van der Waals surface area contributed by atoms with Crippen molar-refractivity contribution in [1.82, 2.24) is 5.43 Å². The Bertz CT molecular complexity index is 916. The number of hydrazine groups is 1. The number of anilines is 1. The quantitative estimate of drug-likeness (QED) is 0.700. The zero-order chi connectivity index (χ0) is 17.1. The van der Waals surface area contributed by atoms with Crippen LogP contribution in [0.15, 0.2) is 96.1 Å². The summed E-state index contributed by atoms with van der Waals surface area (Å²) in [5.74, 6) is 0. The number of hydrogen-bond acceptors (Lipinski definition) is 3. The lowest BCUT2D eigenvalue weighted by Crippen LogP contribution is -2.35. The Morgan fingerprint density at radius 3 is 1.88 bits per heavy atom. The second kappa shape index (κ2) is 6.83. The molecular formula is C21H16ClN3. The van der Waals surface area contributed by atoms with E-state index in [1.807, 2.05) is 66.7 Å². The Kier molecular flexibility index (Phi) is 4.23. The minimum absolute atomic E-state index is 0.435. The summed E-state index contributed by atoms with van der Waals surface area (Å²) in [5, 5.41) is 6.49. The molecule has 0 aromatic heterocycles. The molecule has 0 unspecified atom stereocenters. The molecule has 1 N–H and O–H groups in total. The molecule has 0 amide bonds. The molecule has 0 aliphatic carbocycles. The highest BCUT2D eigenvalue weighted by atomic mass is 35.5. The van der Waals surface area contributed by atoms with Gasteiger partial charge in [-0.1, -0.05) is 84.4 Å². The van der Waals surface area contributed by atoms with Gasteiger partial charge in [0.1, 0.15) is 0 Å². The molecule has 4 heteroatoms. The molecule has 1 aliphatic rings. The first kappa shape index (κ1) is 15.5. The summed E-state index contributed by atoms with van der Waals surface area (Å²) in [7, 11) is 0. The molecule has 3 aromatic rings. The van der Waals surface area contributed by atoms with Crippen molar-refractivity contribution in [3.05, 3.63) is 96.6 Å². The molecule has 0 saturated carbocycles. The molecule has 4 rings (SSSR count). The molecule has 122 valence electrons. The van der Waals surface area contributed by atoms with E-state index >= 15 is 0 Å². The topological polar surface area (TPSA) is 27.6 Å². The van der Waals surface area contributed by atoms with Crippen LogP contribution in [0.25, 0.3) is 16.8 Å². The van der Waals surface area contributed by atoms with Crippen molar-refractivity contribution in [2.45, 2.75) is 0 Å². The van der Waals surface area contributed by atoms with Crippen LogP contribution in [0, 0.1) is 0 Å². The van der Waals surface area contributed by atoms with Gasteiger partial charge in [-0.2, -0.15) is 5.12 Å². The van der Waals surface area contributed by atoms with Gasteiger partial charge in [0.15, 0.2) is 5.17 Å². The van der Waals surface area contributed by atoms with Crippen molar-refractivity contribution in [2.75, 3.05) is 5.12 Å². The molecule has 25 heavy (non-hydrogen) atoms. The Labute approximate surface area is 151 Å². The van der Waals surface area contributed by atoms with E-state index in [9.17, 15) is 0 Å². The number of allylic oxidation sites excluding steroid dienone is 1. The number of halogens is 1. The number of nitrogens with zero attached hydrogens (tertiary/aromatic N) is 2. The molecule has 0 radical (unpaired) electrons. The zero-order valence-electron chi connectivity index (χ0n) is 13.4. The van der Waals surface area contributed by atoms with Gasteiger partial charge in [-0.15, -0.1) is 5.10 Å². The van der Waals surface area contributed by atoms with Crippen molar-refractivity contribution in [3.63, 3.8) is 0 Å². The fourth-order valence-corrected chi connectivity index (χ4v) is 2.91. The van der Waals surface area contributed by atoms with E-state index in [4.69, 9.17) is 11.6 Å². The van der Waals surface area contributed by atoms with Crippen LogP contribution < -0.4 is 10.5 Å². The molecule has 1 aliphatic heterocycles. The third kappa shape index (κ3) is 3.42. The van der Waals surface area contributed by atoms with E-state index < -0.39 is 0 Å². The van der Waals surface area contributed by atoms with Crippen LogP contribution in [0.4, 0.5) is 5.69 Å². The van der Waals surface area contributed by atoms with Gasteiger partial charge in [-0.3, -0.25) is 5.43 Å². The molecule has 0 spiro atoms. The summed E-state index contributed by atoms with van der Waals surface area (Å²) >= 11 is 6.23. The SMILES string of the molecule is ClC1=NN(c2ccc(-c3ccccc3)cc2)NC(c2ccccc2)=C1. The Balaban J connectivity index is 1.59. The summed E-state index contributed by atoms with van der Waals surface area (Å²) in [6, 6.07) is 28.5. The minimum Gasteiger partial charge on any atom is -0.277 e. The number of rotatable bonds is 3. The summed E-state index contributed by atoms with van der Waals surface area (Å²) < 4.78 is 0. The van der Waals surface area contributed by atoms with Crippen LogP contribution in [0.5, 0.6) is 0 Å². The number of benzene rings is 3. The van der Waals surface area contributed by atoms with E-state index in [-0.39, 0.29) is 0 Å². The van der Waals surface area contributed by atoms with Crippen molar-refractivity contribution >= 4 is 28.2 Å². The van der Waals surface area contributed by atoms with Gasteiger partial charge in [0.05, 0.1) is 11.4 Å². The molecule has 1 heterocycles. The van der Waals surface area contributed by atoms with Gasteiger partial charge in [0.2, 0.25) is 0 Å². The lowest BCUT2D eigenvalue weighted by Gasteiger charge is -2.26. The summed E-state index contributed by atoms with van der Waals surface area (Å²) in [6.07, 6.45) is 1.83. The highest BCUT2D eigenvalue weighted by Crippen LogP contribution is 2.25. The monoisotopic (exact) mass is 345 g/mol. The van der Waals surface area contributed by atoms with Gasteiger partial charge >= 0.3 is 0 Å². The number of hydrazone groups is 1. The van der Waals surface area contributed by atoms with Gasteiger partial charge < -0.3 is 0 Å². The van der Waals surface area contributed by atoms with Crippen molar-refractivity contribution in [3.8, 4) is 11.1 Å². The third-order valence-corrected chi connectivity index (χ3v) is 4.17. The first-order chi connectivity index (χ1) is 12.3. The molecule has 0 saturated heterocycles. The first-order valence-corrected chi connectivity index (χ1v) is 8.41. The summed E-state index contributed by atoms with van der Waals surface area (Å²) in [6.45, 7) is 0. The minimum atomic E-state index is 0.435. The van der Waals surface area contributed by atoms with Crippen LogP contribution in [0.1, 0.15) is 5.56 Å². The fraction of sp³-hybridized carbons (Fsp3) is 0. The van der Waals surface area contributed by atoms with Crippen LogP contribution in [0.2, 0.25) is 0 Å². The van der Waals surface area contributed by atoms with Crippen LogP contribution in [-0.4, -0.2) is 5.17 Å². The van der Waals surface area contributed by atoms with E-state index in [0.717, 1.165) is 22.5 Å². The van der Waals surface area contributed by atoms with Crippen molar-refractivity contribution in [2.24, 2.45) is 5.10 Å². The average molecular weight is 346 g/mol. The second-order valence-electron chi connectivity index (χ2n) is 5.68. The first-order valence-electron chi connectivity index (χ1n) is 8.03. The third-order valence-electron chi connectivity index (χ3n) is 3.99. The highest BCUT2D eigenvalue weighted by molar-refractivity contribution is 6.69. The molecule has 0 atom stereocenters. The van der Waals surface area contributed by atoms with Crippen molar-refractivity contribution in [1.29, 1.82) is 0 Å². The zero-order valence-corrected chi connectivity index (χ0v) is 14.2. The van der Waals surface area contributed by atoms with E-state index in [0.29, 0.717) is 5.17 Å². The molecular weight excluding hydrogens is 330 g/mol. The van der Waals surface area contributed by atoms with Crippen LogP contribution in [0.3, 0.4) is 0 Å². The second-order valence-corrected chi connectivity index (χ2v) is 6.07. The molecule has 3 aromatic carbocycles. The lowest BCUT2D eigenvalue weighted by molar-refractivity contribution is 0.790. The standard InChI is InChI=1S/C21H16ClN3/c22-21-15-20(18-9-5-2-6-10-18)23-25(24-21)19-13-11-17(12-14-19)16-7-3-1-4-8-16/h1-15,23H. The average Bonchev–Trinajstić information content (AvgIpc) is 2.69. The van der Waals surface area contributed by atoms with Gasteiger partial charge in [0, 0.05) is 6.08 Å². The normalized spacial score (nSPS) is 13.7. The maximum absolute atomic E-state index is 6.23. The van der Waals surface area contributed by atoms with E-state index in [1.165, 1.54) is 5.56 Å². The predicted octanol–water partition coefficient (Wildman–Crippen LogP) is 5.27. The Morgan fingerprint density at radius 1 is 0.680 bits per heavy atom. The molecule has 3 nitrogen and oxygen atoms in total. The van der Waals surface area contributed by atoms with Gasteiger partial charge in [0.25, 0.3) is 0 Å². The fourth-order valence-electron chi connectivity index (χ4n) is 2.73. The van der Waals surface area contributed by atoms with E-state index in [2.05, 4.69) is 34.8 Å². The predicted molar refractivity (Wildman–Crippen MR) is 105 cm³/mol. The summed E-state index contributed by atoms with van der Waals surface area (Å²) in [4.78, 5) is 0. The maximum Gasteiger partial charge on any atom is 0.153 e. The number of nitrogens with one attached hydrogen (secondary N) is 1. The smallest absolute Gasteiger partial charge is 0.153 e. The maximum atomic E-state index is 6.23. The Hall–Kier alpha value is -3.04. The summed E-state index contributed by atoms with van der Waals surface area (Å²) in [5.41, 5.74) is 8.53. The molecule has 0 bridgehead atoms.